The molecule has 0 bridgehead atoms. The normalized spacial score (nSPS) is 10.9. The first kappa shape index (κ1) is 10.9. The molecular formula is C10H14O4. The second kappa shape index (κ2) is 4.93. The van der Waals surface area contributed by atoms with Gasteiger partial charge in [0.05, 0.1) is 6.42 Å². The van der Waals surface area contributed by atoms with E-state index < -0.39 is 6.29 Å². The molecule has 1 rings (SSSR count). The lowest BCUT2D eigenvalue weighted by Crippen LogP contribution is -2.17. The lowest BCUT2D eigenvalue weighted by Gasteiger charge is -2.10. The Morgan fingerprint density at radius 2 is 2.07 bits per heavy atom. The summed E-state index contributed by atoms with van der Waals surface area (Å²) >= 11 is 0. The fraction of sp³-hybridized carbons (Fsp3) is 0.500. The van der Waals surface area contributed by atoms with E-state index in [1.54, 1.807) is 19.1 Å². The second-order valence-corrected chi connectivity index (χ2v) is 2.94. The Bertz CT molecular complexity index is 299. The summed E-state index contributed by atoms with van der Waals surface area (Å²) in [6.45, 7) is 1.79. The monoisotopic (exact) mass is 198 g/mol. The zero-order chi connectivity index (χ0) is 10.6. The van der Waals surface area contributed by atoms with Crippen molar-refractivity contribution in [2.75, 3.05) is 14.2 Å². The van der Waals surface area contributed by atoms with Crippen LogP contribution in [0.2, 0.25) is 0 Å². The van der Waals surface area contributed by atoms with Crippen LogP contribution in [0.5, 0.6) is 0 Å². The van der Waals surface area contributed by atoms with E-state index in [9.17, 15) is 4.79 Å². The van der Waals surface area contributed by atoms with Crippen molar-refractivity contribution in [1.29, 1.82) is 0 Å². The third kappa shape index (κ3) is 2.68. The van der Waals surface area contributed by atoms with E-state index in [1.807, 2.05) is 0 Å². The van der Waals surface area contributed by atoms with Crippen LogP contribution < -0.4 is 0 Å². The molecular weight excluding hydrogens is 184 g/mol. The van der Waals surface area contributed by atoms with Gasteiger partial charge in [0.15, 0.2) is 12.1 Å². The van der Waals surface area contributed by atoms with Gasteiger partial charge in [0.25, 0.3) is 0 Å². The highest BCUT2D eigenvalue weighted by Gasteiger charge is 2.16. The van der Waals surface area contributed by atoms with Crippen molar-refractivity contribution >= 4 is 5.78 Å². The number of methoxy groups -OCH3 is 2. The van der Waals surface area contributed by atoms with Crippen molar-refractivity contribution in [2.24, 2.45) is 0 Å². The van der Waals surface area contributed by atoms with E-state index in [0.29, 0.717) is 5.76 Å². The average molecular weight is 198 g/mol. The third-order valence-corrected chi connectivity index (χ3v) is 1.89. The SMILES string of the molecule is COC(CC(=O)c1ccc(C)o1)OC. The zero-order valence-corrected chi connectivity index (χ0v) is 8.57. The van der Waals surface area contributed by atoms with Gasteiger partial charge in [-0.05, 0) is 19.1 Å². The van der Waals surface area contributed by atoms with Crippen molar-refractivity contribution in [3.63, 3.8) is 0 Å². The molecule has 78 valence electrons. The van der Waals surface area contributed by atoms with Gasteiger partial charge in [0, 0.05) is 14.2 Å². The van der Waals surface area contributed by atoms with E-state index in [1.165, 1.54) is 14.2 Å². The number of rotatable bonds is 5. The molecule has 4 nitrogen and oxygen atoms in total. The summed E-state index contributed by atoms with van der Waals surface area (Å²) in [7, 11) is 2.99. The summed E-state index contributed by atoms with van der Waals surface area (Å²) < 4.78 is 15.0. The van der Waals surface area contributed by atoms with Gasteiger partial charge in [-0.3, -0.25) is 4.79 Å². The van der Waals surface area contributed by atoms with Crippen LogP contribution in [0, 0.1) is 6.92 Å². The number of Topliss-reactive ketones (excluding diaryl/α,β-unsaturated/α-hetero) is 1. The summed E-state index contributed by atoms with van der Waals surface area (Å²) in [6.07, 6.45) is -0.340. The molecule has 0 saturated heterocycles. The van der Waals surface area contributed by atoms with E-state index in [0.717, 1.165) is 5.76 Å². The highest BCUT2D eigenvalue weighted by molar-refractivity contribution is 5.93. The van der Waals surface area contributed by atoms with Crippen molar-refractivity contribution in [2.45, 2.75) is 19.6 Å². The molecule has 4 heteroatoms. The van der Waals surface area contributed by atoms with Crippen molar-refractivity contribution < 1.29 is 18.7 Å². The van der Waals surface area contributed by atoms with Crippen LogP contribution in [0.4, 0.5) is 0 Å². The van der Waals surface area contributed by atoms with Crippen LogP contribution in [-0.2, 0) is 9.47 Å². The predicted molar refractivity (Wildman–Crippen MR) is 50.2 cm³/mol. The molecule has 0 atom stereocenters. The summed E-state index contributed by atoms with van der Waals surface area (Å²) in [6, 6.07) is 3.40. The van der Waals surface area contributed by atoms with Gasteiger partial charge in [0.1, 0.15) is 5.76 Å². The number of furan rings is 1. The molecule has 0 radical (unpaired) electrons. The van der Waals surface area contributed by atoms with Gasteiger partial charge in [-0.25, -0.2) is 0 Å². The first-order valence-electron chi connectivity index (χ1n) is 4.32. The first-order valence-corrected chi connectivity index (χ1v) is 4.32. The molecule has 0 N–H and O–H groups in total. The highest BCUT2D eigenvalue weighted by atomic mass is 16.7. The third-order valence-electron chi connectivity index (χ3n) is 1.89. The quantitative estimate of drug-likeness (QED) is 0.534. The van der Waals surface area contributed by atoms with Crippen LogP contribution in [0.1, 0.15) is 22.7 Å². The molecule has 1 aromatic heterocycles. The number of ether oxygens (including phenoxy) is 2. The first-order chi connectivity index (χ1) is 6.67. The molecule has 0 unspecified atom stereocenters. The molecule has 0 spiro atoms. The Kier molecular flexibility index (Phi) is 3.85. The number of hydrogen-bond donors (Lipinski definition) is 0. The smallest absolute Gasteiger partial charge is 0.203 e. The van der Waals surface area contributed by atoms with E-state index in [-0.39, 0.29) is 12.2 Å². The molecule has 1 heterocycles. The van der Waals surface area contributed by atoms with Crippen LogP contribution >= 0.6 is 0 Å². The topological polar surface area (TPSA) is 48.7 Å². The van der Waals surface area contributed by atoms with Crippen LogP contribution in [0.25, 0.3) is 0 Å². The molecule has 0 aromatic carbocycles. The van der Waals surface area contributed by atoms with Gasteiger partial charge < -0.3 is 13.9 Å². The largest absolute Gasteiger partial charge is 0.458 e. The van der Waals surface area contributed by atoms with Crippen LogP contribution in [0.3, 0.4) is 0 Å². The van der Waals surface area contributed by atoms with Crippen LogP contribution in [0.15, 0.2) is 16.5 Å². The fourth-order valence-electron chi connectivity index (χ4n) is 1.10. The summed E-state index contributed by atoms with van der Waals surface area (Å²) in [5.41, 5.74) is 0. The van der Waals surface area contributed by atoms with Crippen molar-refractivity contribution in [3.8, 4) is 0 Å². The van der Waals surface area contributed by atoms with Gasteiger partial charge in [-0.15, -0.1) is 0 Å². The van der Waals surface area contributed by atoms with Gasteiger partial charge in [0.2, 0.25) is 5.78 Å². The maximum atomic E-state index is 11.5. The Balaban J connectivity index is 2.58. The number of hydrogen-bond acceptors (Lipinski definition) is 4. The van der Waals surface area contributed by atoms with E-state index in [4.69, 9.17) is 13.9 Å². The molecule has 0 fully saturated rings. The number of aryl methyl sites for hydroxylation is 1. The lowest BCUT2D eigenvalue weighted by atomic mass is 10.2. The van der Waals surface area contributed by atoms with Crippen LogP contribution in [-0.4, -0.2) is 26.3 Å². The fourth-order valence-corrected chi connectivity index (χ4v) is 1.10. The van der Waals surface area contributed by atoms with Gasteiger partial charge in [-0.2, -0.15) is 0 Å². The minimum atomic E-state index is -0.507. The maximum Gasteiger partial charge on any atom is 0.203 e. The standard InChI is InChI=1S/C10H14O4/c1-7-4-5-9(14-7)8(11)6-10(12-2)13-3/h4-5,10H,6H2,1-3H3. The Labute approximate surface area is 82.8 Å². The Hall–Kier alpha value is -1.13. The zero-order valence-electron chi connectivity index (χ0n) is 8.57. The summed E-state index contributed by atoms with van der Waals surface area (Å²) in [5.74, 6) is 0.952. The molecule has 0 saturated carbocycles. The molecule has 0 amide bonds. The summed E-state index contributed by atoms with van der Waals surface area (Å²) in [4.78, 5) is 11.5. The lowest BCUT2D eigenvalue weighted by molar-refractivity contribution is -0.0995. The highest BCUT2D eigenvalue weighted by Crippen LogP contribution is 2.11. The number of ketones is 1. The van der Waals surface area contributed by atoms with Gasteiger partial charge >= 0.3 is 0 Å². The van der Waals surface area contributed by atoms with Crippen molar-refractivity contribution in [1.82, 2.24) is 0 Å². The predicted octanol–water partition coefficient (Wildman–Crippen LogP) is 1.78. The van der Waals surface area contributed by atoms with Crippen molar-refractivity contribution in [3.05, 3.63) is 23.7 Å². The molecule has 0 aliphatic carbocycles. The average Bonchev–Trinajstić information content (AvgIpc) is 2.61. The van der Waals surface area contributed by atoms with Gasteiger partial charge in [-0.1, -0.05) is 0 Å². The Morgan fingerprint density at radius 1 is 1.43 bits per heavy atom. The molecule has 0 aliphatic rings. The minimum absolute atomic E-state index is 0.119. The summed E-state index contributed by atoms with van der Waals surface area (Å²) in [5, 5.41) is 0. The molecule has 0 aliphatic heterocycles. The minimum Gasteiger partial charge on any atom is -0.458 e. The van der Waals surface area contributed by atoms with E-state index >= 15 is 0 Å². The molecule has 14 heavy (non-hydrogen) atoms. The van der Waals surface area contributed by atoms with E-state index in [2.05, 4.69) is 0 Å². The number of carbonyl (C=O) groups is 1. The maximum absolute atomic E-state index is 11.5. The second-order valence-electron chi connectivity index (χ2n) is 2.94. The number of carbonyl (C=O) groups excluding carboxylic acids is 1. The Morgan fingerprint density at radius 3 is 2.50 bits per heavy atom. The molecule has 1 aromatic rings.